The molecule has 1 aromatic carbocycles. The average Bonchev–Trinajstić information content (AvgIpc) is 3.53. The maximum atomic E-state index is 12.4. The van der Waals surface area contributed by atoms with Gasteiger partial charge in [0.25, 0.3) is 5.91 Å². The van der Waals surface area contributed by atoms with Crippen LogP contribution in [-0.2, 0) is 0 Å². The van der Waals surface area contributed by atoms with E-state index in [1.54, 1.807) is 24.3 Å². The quantitative estimate of drug-likeness (QED) is 0.346. The standard InChI is InChI=1S/C25H33ClN8O/c26-17-7-5-16(6-8-17)24(35)29-14-13-28-22-21-23(34(15-30-21)20-3-1-2-4-20)33-25(32-22)31-19-11-9-18(27)10-12-19/h5-8,15,18-20H,1-4,9-14,27H2,(H,29,35)(H2,28,31,32,33)/t18-,19-. The highest BCUT2D eigenvalue weighted by Gasteiger charge is 2.23. The van der Waals surface area contributed by atoms with Crippen molar-refractivity contribution < 1.29 is 4.79 Å². The van der Waals surface area contributed by atoms with Gasteiger partial charge in [-0.1, -0.05) is 24.4 Å². The molecule has 186 valence electrons. The first-order valence-electron chi connectivity index (χ1n) is 12.6. The van der Waals surface area contributed by atoms with E-state index in [-0.39, 0.29) is 5.91 Å². The van der Waals surface area contributed by atoms with Crippen molar-refractivity contribution in [1.29, 1.82) is 0 Å². The summed E-state index contributed by atoms with van der Waals surface area (Å²) in [7, 11) is 0. The molecule has 5 rings (SSSR count). The van der Waals surface area contributed by atoms with E-state index in [9.17, 15) is 4.79 Å². The van der Waals surface area contributed by atoms with E-state index in [0.29, 0.717) is 53.6 Å². The van der Waals surface area contributed by atoms with Crippen LogP contribution in [-0.4, -0.2) is 50.6 Å². The fraction of sp³-hybridized carbons (Fsp3) is 0.520. The van der Waals surface area contributed by atoms with Crippen LogP contribution in [0.5, 0.6) is 0 Å². The summed E-state index contributed by atoms with van der Waals surface area (Å²) in [4.78, 5) is 26.7. The topological polar surface area (TPSA) is 123 Å². The number of nitrogens with two attached hydrogens (primary N) is 1. The highest BCUT2D eigenvalue weighted by molar-refractivity contribution is 6.30. The van der Waals surface area contributed by atoms with Gasteiger partial charge in [-0.2, -0.15) is 9.97 Å². The van der Waals surface area contributed by atoms with E-state index >= 15 is 0 Å². The summed E-state index contributed by atoms with van der Waals surface area (Å²) in [5.74, 6) is 1.16. The number of halogens is 1. The molecule has 1 amide bonds. The van der Waals surface area contributed by atoms with Crippen LogP contribution < -0.4 is 21.7 Å². The number of rotatable bonds is 8. The van der Waals surface area contributed by atoms with Gasteiger partial charge >= 0.3 is 0 Å². The molecule has 0 aliphatic heterocycles. The molecule has 2 aliphatic rings. The van der Waals surface area contributed by atoms with Crippen molar-refractivity contribution in [3.05, 3.63) is 41.2 Å². The highest BCUT2D eigenvalue weighted by atomic mass is 35.5. The second kappa shape index (κ2) is 10.8. The molecule has 0 bridgehead atoms. The Hall–Kier alpha value is -2.91. The van der Waals surface area contributed by atoms with E-state index < -0.39 is 0 Å². The summed E-state index contributed by atoms with van der Waals surface area (Å²) in [6.07, 6.45) is 10.7. The van der Waals surface area contributed by atoms with Gasteiger partial charge < -0.3 is 26.3 Å². The summed E-state index contributed by atoms with van der Waals surface area (Å²) >= 11 is 5.91. The second-order valence-corrected chi connectivity index (χ2v) is 10.0. The lowest BCUT2D eigenvalue weighted by atomic mass is 9.92. The number of carbonyl (C=O) groups excluding carboxylic acids is 1. The predicted octanol–water partition coefficient (Wildman–Crippen LogP) is 4.12. The number of hydrogen-bond donors (Lipinski definition) is 4. The maximum Gasteiger partial charge on any atom is 0.251 e. The van der Waals surface area contributed by atoms with Crippen LogP contribution >= 0.6 is 11.6 Å². The van der Waals surface area contributed by atoms with E-state index in [1.807, 2.05) is 6.33 Å². The minimum atomic E-state index is -0.139. The Kier molecular flexibility index (Phi) is 7.34. The van der Waals surface area contributed by atoms with Gasteiger partial charge in [-0.15, -0.1) is 0 Å². The number of aromatic nitrogens is 4. The summed E-state index contributed by atoms with van der Waals surface area (Å²) < 4.78 is 2.21. The highest BCUT2D eigenvalue weighted by Crippen LogP contribution is 2.33. The number of imidazole rings is 1. The third-order valence-electron chi connectivity index (χ3n) is 7.05. The smallest absolute Gasteiger partial charge is 0.251 e. The van der Waals surface area contributed by atoms with Crippen molar-refractivity contribution in [1.82, 2.24) is 24.8 Å². The molecule has 3 aromatic rings. The van der Waals surface area contributed by atoms with Gasteiger partial charge in [0.1, 0.15) is 0 Å². The molecule has 35 heavy (non-hydrogen) atoms. The van der Waals surface area contributed by atoms with Crippen molar-refractivity contribution in [2.75, 3.05) is 23.7 Å². The Morgan fingerprint density at radius 2 is 1.77 bits per heavy atom. The number of benzene rings is 1. The Balaban J connectivity index is 1.30. The first-order chi connectivity index (χ1) is 17.1. The molecule has 10 heteroatoms. The van der Waals surface area contributed by atoms with E-state index in [0.717, 1.165) is 49.7 Å². The van der Waals surface area contributed by atoms with Crippen LogP contribution in [0, 0.1) is 0 Å². The minimum Gasteiger partial charge on any atom is -0.366 e. The molecule has 2 saturated carbocycles. The number of amides is 1. The zero-order chi connectivity index (χ0) is 24.2. The van der Waals surface area contributed by atoms with Gasteiger partial charge in [-0.3, -0.25) is 4.79 Å². The lowest BCUT2D eigenvalue weighted by Crippen LogP contribution is -2.33. The molecular weight excluding hydrogens is 464 g/mol. The normalized spacial score (nSPS) is 20.7. The third kappa shape index (κ3) is 5.67. The summed E-state index contributed by atoms with van der Waals surface area (Å²) in [6.45, 7) is 0.957. The fourth-order valence-corrected chi connectivity index (χ4v) is 5.19. The molecular formula is C25H33ClN8O. The number of carbonyl (C=O) groups is 1. The Morgan fingerprint density at radius 3 is 2.51 bits per heavy atom. The SMILES string of the molecule is N[C@H]1CC[C@H](Nc2nc(NCCNC(=O)c3ccc(Cl)cc3)c3ncn(C4CCCC4)c3n2)CC1. The van der Waals surface area contributed by atoms with Gasteiger partial charge in [0.2, 0.25) is 5.95 Å². The molecule has 0 radical (unpaired) electrons. The van der Waals surface area contributed by atoms with Gasteiger partial charge in [0, 0.05) is 41.8 Å². The van der Waals surface area contributed by atoms with Gasteiger partial charge in [0.05, 0.1) is 6.33 Å². The Morgan fingerprint density at radius 1 is 1.03 bits per heavy atom. The molecule has 2 aliphatic carbocycles. The monoisotopic (exact) mass is 496 g/mol. The third-order valence-corrected chi connectivity index (χ3v) is 7.31. The van der Waals surface area contributed by atoms with Crippen molar-refractivity contribution in [3.63, 3.8) is 0 Å². The fourth-order valence-electron chi connectivity index (χ4n) is 5.06. The first kappa shape index (κ1) is 23.8. The van der Waals surface area contributed by atoms with Gasteiger partial charge in [0.15, 0.2) is 17.0 Å². The minimum absolute atomic E-state index is 0.139. The van der Waals surface area contributed by atoms with Crippen molar-refractivity contribution >= 4 is 40.4 Å². The predicted molar refractivity (Wildman–Crippen MR) is 139 cm³/mol. The lowest BCUT2D eigenvalue weighted by molar-refractivity contribution is 0.0955. The van der Waals surface area contributed by atoms with Crippen LogP contribution in [0.3, 0.4) is 0 Å². The van der Waals surface area contributed by atoms with Crippen LogP contribution in [0.25, 0.3) is 11.2 Å². The number of hydrogen-bond acceptors (Lipinski definition) is 7. The number of nitrogens with zero attached hydrogens (tertiary/aromatic N) is 4. The summed E-state index contributed by atoms with van der Waals surface area (Å²) in [5, 5.41) is 10.4. The number of anilines is 2. The zero-order valence-electron chi connectivity index (χ0n) is 19.8. The van der Waals surface area contributed by atoms with Crippen molar-refractivity contribution in [2.45, 2.75) is 69.5 Å². The molecule has 0 atom stereocenters. The van der Waals surface area contributed by atoms with Gasteiger partial charge in [-0.05, 0) is 62.8 Å². The van der Waals surface area contributed by atoms with Crippen LogP contribution in [0.1, 0.15) is 67.8 Å². The van der Waals surface area contributed by atoms with Gasteiger partial charge in [-0.25, -0.2) is 4.98 Å². The molecule has 0 saturated heterocycles. The molecule has 2 fully saturated rings. The maximum absolute atomic E-state index is 12.4. The van der Waals surface area contributed by atoms with Crippen LogP contribution in [0.15, 0.2) is 30.6 Å². The van der Waals surface area contributed by atoms with Crippen LogP contribution in [0.2, 0.25) is 5.02 Å². The van der Waals surface area contributed by atoms with E-state index in [4.69, 9.17) is 27.3 Å². The molecule has 0 spiro atoms. The molecule has 9 nitrogen and oxygen atoms in total. The average molecular weight is 497 g/mol. The molecule has 2 heterocycles. The van der Waals surface area contributed by atoms with E-state index in [1.165, 1.54) is 12.8 Å². The summed E-state index contributed by atoms with van der Waals surface area (Å²) in [6, 6.07) is 7.89. The molecule has 5 N–H and O–H groups in total. The van der Waals surface area contributed by atoms with Crippen molar-refractivity contribution in [2.24, 2.45) is 5.73 Å². The summed E-state index contributed by atoms with van der Waals surface area (Å²) in [5.41, 5.74) is 8.28. The second-order valence-electron chi connectivity index (χ2n) is 9.60. The Labute approximate surface area is 210 Å². The lowest BCUT2D eigenvalue weighted by Gasteiger charge is -2.27. The van der Waals surface area contributed by atoms with Crippen molar-refractivity contribution in [3.8, 4) is 0 Å². The number of nitrogens with one attached hydrogen (secondary N) is 3. The van der Waals surface area contributed by atoms with Crippen LogP contribution in [0.4, 0.5) is 11.8 Å². The Bertz CT molecular complexity index is 1150. The number of fused-ring (bicyclic) bond motifs is 1. The zero-order valence-corrected chi connectivity index (χ0v) is 20.6. The largest absolute Gasteiger partial charge is 0.366 e. The molecule has 2 aromatic heterocycles. The first-order valence-corrected chi connectivity index (χ1v) is 13.0. The molecule has 0 unspecified atom stereocenters. The van der Waals surface area contributed by atoms with E-state index in [2.05, 4.69) is 25.5 Å².